The van der Waals surface area contributed by atoms with Crippen molar-refractivity contribution in [3.63, 3.8) is 0 Å². The predicted octanol–water partition coefficient (Wildman–Crippen LogP) is 1.96. The van der Waals surface area contributed by atoms with Gasteiger partial charge >= 0.3 is 0 Å². The third-order valence-corrected chi connectivity index (χ3v) is 4.60. The molecule has 0 fully saturated rings. The number of fused-ring (bicyclic) bond motifs is 2. The zero-order valence-electron chi connectivity index (χ0n) is 11.0. The minimum absolute atomic E-state index is 0. The highest BCUT2D eigenvalue weighted by Crippen LogP contribution is 2.31. The Kier molecular flexibility index (Phi) is 3.51. The van der Waals surface area contributed by atoms with E-state index in [1.807, 2.05) is 5.41 Å². The topological polar surface area (TPSA) is 53.0 Å². The summed E-state index contributed by atoms with van der Waals surface area (Å²) in [5, 5.41) is 2.94. The van der Waals surface area contributed by atoms with Crippen LogP contribution in [0.15, 0.2) is 40.4 Å². The van der Waals surface area contributed by atoms with Gasteiger partial charge in [-0.2, -0.15) is 0 Å². The van der Waals surface area contributed by atoms with Crippen LogP contribution in [0.25, 0.3) is 0 Å². The number of amidine groups is 1. The van der Waals surface area contributed by atoms with Gasteiger partial charge in [0.1, 0.15) is 0 Å². The minimum atomic E-state index is -0.207. The Labute approximate surface area is 132 Å². The van der Waals surface area contributed by atoms with Crippen molar-refractivity contribution < 1.29 is 9.59 Å². The fraction of sp³-hybridized carbons (Fsp3) is 0.214. The zero-order valence-corrected chi connectivity index (χ0v) is 12.6. The van der Waals surface area contributed by atoms with Crippen molar-refractivity contribution in [2.75, 3.05) is 19.6 Å². The molecular formula is C14H12ClN3O2S. The molecule has 1 aromatic rings. The van der Waals surface area contributed by atoms with Gasteiger partial charge in [0.25, 0.3) is 11.8 Å². The van der Waals surface area contributed by atoms with Gasteiger partial charge < -0.3 is 4.90 Å². The van der Waals surface area contributed by atoms with Crippen LogP contribution in [0, 0.1) is 0 Å². The molecule has 0 atom stereocenters. The zero-order chi connectivity index (χ0) is 13.7. The lowest BCUT2D eigenvalue weighted by Crippen LogP contribution is -2.35. The molecule has 3 heterocycles. The summed E-state index contributed by atoms with van der Waals surface area (Å²) < 4.78 is 0. The third-order valence-electron chi connectivity index (χ3n) is 3.65. The Balaban J connectivity index is 0.00000132. The van der Waals surface area contributed by atoms with Crippen LogP contribution in [-0.2, 0) is 0 Å². The first-order valence-corrected chi connectivity index (χ1v) is 7.26. The molecule has 0 aromatic heterocycles. The van der Waals surface area contributed by atoms with Crippen molar-refractivity contribution in [1.29, 1.82) is 0 Å². The first kappa shape index (κ1) is 14.2. The van der Waals surface area contributed by atoms with Crippen molar-refractivity contribution in [2.45, 2.75) is 0 Å². The molecule has 3 aliphatic heterocycles. The average molecular weight is 322 g/mol. The lowest BCUT2D eigenvalue weighted by molar-refractivity contribution is 0.0662. The number of halogens is 1. The molecule has 5 nitrogen and oxygen atoms in total. The minimum Gasteiger partial charge on any atom is -0.321 e. The summed E-state index contributed by atoms with van der Waals surface area (Å²) in [5.41, 5.74) is 1.97. The third kappa shape index (κ3) is 2.06. The van der Waals surface area contributed by atoms with E-state index in [1.165, 1.54) is 4.90 Å². The molecule has 3 aliphatic rings. The van der Waals surface area contributed by atoms with Crippen molar-refractivity contribution in [2.24, 2.45) is 4.99 Å². The molecule has 0 spiro atoms. The molecule has 4 rings (SSSR count). The van der Waals surface area contributed by atoms with E-state index < -0.39 is 0 Å². The van der Waals surface area contributed by atoms with Crippen LogP contribution in [0.5, 0.6) is 0 Å². The molecule has 0 saturated heterocycles. The maximum atomic E-state index is 12.3. The van der Waals surface area contributed by atoms with E-state index in [4.69, 9.17) is 0 Å². The highest BCUT2D eigenvalue weighted by atomic mass is 35.5. The summed E-state index contributed by atoms with van der Waals surface area (Å²) in [6.07, 6.45) is 0. The number of aliphatic imine (C=N–C) groups is 1. The number of rotatable bonds is 2. The Hall–Kier alpha value is -1.79. The van der Waals surface area contributed by atoms with E-state index in [2.05, 4.69) is 9.89 Å². The van der Waals surface area contributed by atoms with E-state index in [-0.39, 0.29) is 24.2 Å². The highest BCUT2D eigenvalue weighted by molar-refractivity contribution is 8.16. The quantitative estimate of drug-likeness (QED) is 0.781. The predicted molar refractivity (Wildman–Crippen MR) is 83.7 cm³/mol. The summed E-state index contributed by atoms with van der Waals surface area (Å²) in [6, 6.07) is 6.97. The number of nitrogens with zero attached hydrogens (tertiary/aromatic N) is 3. The van der Waals surface area contributed by atoms with Crippen molar-refractivity contribution in [1.82, 2.24) is 9.80 Å². The lowest BCUT2D eigenvalue weighted by Gasteiger charge is -2.21. The molecular weight excluding hydrogens is 310 g/mol. The van der Waals surface area contributed by atoms with Gasteiger partial charge in [-0.15, -0.1) is 12.4 Å². The fourth-order valence-corrected chi connectivity index (χ4v) is 3.59. The van der Waals surface area contributed by atoms with Crippen LogP contribution < -0.4 is 0 Å². The Bertz CT molecular complexity index is 666. The second kappa shape index (κ2) is 5.20. The van der Waals surface area contributed by atoms with Gasteiger partial charge in [0, 0.05) is 17.6 Å². The molecule has 0 radical (unpaired) electrons. The molecule has 0 unspecified atom stereocenters. The van der Waals surface area contributed by atoms with Gasteiger partial charge in [0.15, 0.2) is 5.17 Å². The van der Waals surface area contributed by atoms with Crippen molar-refractivity contribution in [3.8, 4) is 0 Å². The molecule has 0 saturated carbocycles. The molecule has 0 aliphatic carbocycles. The maximum absolute atomic E-state index is 12.3. The number of benzene rings is 1. The van der Waals surface area contributed by atoms with Crippen LogP contribution in [0.4, 0.5) is 0 Å². The molecule has 1 aromatic carbocycles. The van der Waals surface area contributed by atoms with Crippen LogP contribution in [-0.4, -0.2) is 46.4 Å². The Morgan fingerprint density at radius 1 is 1.14 bits per heavy atom. The van der Waals surface area contributed by atoms with E-state index in [0.29, 0.717) is 17.7 Å². The van der Waals surface area contributed by atoms with Crippen LogP contribution in [0.2, 0.25) is 0 Å². The van der Waals surface area contributed by atoms with E-state index in [1.54, 1.807) is 36.0 Å². The summed E-state index contributed by atoms with van der Waals surface area (Å²) >= 11 is 1.56. The Morgan fingerprint density at radius 3 is 2.48 bits per heavy atom. The van der Waals surface area contributed by atoms with Gasteiger partial charge in [0.05, 0.1) is 24.2 Å². The van der Waals surface area contributed by atoms with Gasteiger partial charge in [-0.1, -0.05) is 23.9 Å². The molecule has 7 heteroatoms. The van der Waals surface area contributed by atoms with Crippen LogP contribution >= 0.6 is 24.2 Å². The van der Waals surface area contributed by atoms with Crippen molar-refractivity contribution >= 4 is 41.2 Å². The number of imide groups is 1. The second-order valence-electron chi connectivity index (χ2n) is 4.79. The summed E-state index contributed by atoms with van der Waals surface area (Å²) in [6.45, 7) is 1.93. The smallest absolute Gasteiger partial charge is 0.261 e. The Morgan fingerprint density at radius 2 is 1.81 bits per heavy atom. The van der Waals surface area contributed by atoms with Gasteiger partial charge in [0.2, 0.25) is 0 Å². The summed E-state index contributed by atoms with van der Waals surface area (Å²) in [5.74, 6) is -0.415. The van der Waals surface area contributed by atoms with E-state index in [9.17, 15) is 9.59 Å². The molecule has 108 valence electrons. The molecule has 2 amide bonds. The lowest BCUT2D eigenvalue weighted by atomic mass is 10.1. The van der Waals surface area contributed by atoms with E-state index in [0.717, 1.165) is 24.0 Å². The monoisotopic (exact) mass is 321 g/mol. The molecule has 21 heavy (non-hydrogen) atoms. The SMILES string of the molecule is Cl.O=C1c2ccccc2C(=O)N1CC1=CSC2=NCCN12. The van der Waals surface area contributed by atoms with Gasteiger partial charge in [-0.25, -0.2) is 0 Å². The number of carbonyl (C=O) groups is 2. The number of amides is 2. The fourth-order valence-electron chi connectivity index (χ4n) is 2.65. The molecule has 0 N–H and O–H groups in total. The average Bonchev–Trinajstić information content (AvgIpc) is 3.12. The number of hydrogen-bond acceptors (Lipinski definition) is 5. The van der Waals surface area contributed by atoms with Gasteiger partial charge in [-0.05, 0) is 12.1 Å². The first-order valence-electron chi connectivity index (χ1n) is 6.38. The van der Waals surface area contributed by atoms with Crippen molar-refractivity contribution in [3.05, 3.63) is 46.5 Å². The van der Waals surface area contributed by atoms with Gasteiger partial charge in [-0.3, -0.25) is 19.5 Å². The standard InChI is InChI=1S/C14H11N3O2S.ClH/c18-12-10-3-1-2-4-11(10)13(19)17(12)7-9-8-20-14-15-5-6-16(9)14;/h1-4,8H,5-7H2;1H. The van der Waals surface area contributed by atoms with E-state index >= 15 is 0 Å². The number of carbonyl (C=O) groups excluding carboxylic acids is 2. The number of hydrogen-bond donors (Lipinski definition) is 0. The van der Waals surface area contributed by atoms with Crippen LogP contribution in [0.3, 0.4) is 0 Å². The first-order chi connectivity index (χ1) is 9.75. The molecule has 0 bridgehead atoms. The maximum Gasteiger partial charge on any atom is 0.261 e. The highest BCUT2D eigenvalue weighted by Gasteiger charge is 2.37. The normalized spacial score (nSPS) is 19.2. The number of thioether (sulfide) groups is 1. The summed E-state index contributed by atoms with van der Waals surface area (Å²) in [4.78, 5) is 32.4. The largest absolute Gasteiger partial charge is 0.321 e. The van der Waals surface area contributed by atoms with Crippen LogP contribution in [0.1, 0.15) is 20.7 Å². The second-order valence-corrected chi connectivity index (χ2v) is 5.62. The summed E-state index contributed by atoms with van der Waals surface area (Å²) in [7, 11) is 0.